The SMILES string of the molecule is NCCC(=O)Nc1ccccc1CN1CCCN(Cc2ccc(OCc3ccccc3)cc2)CC1. The van der Waals surface area contributed by atoms with Gasteiger partial charge in [0.1, 0.15) is 12.4 Å². The molecule has 3 aromatic carbocycles. The molecule has 1 amide bonds. The maximum Gasteiger partial charge on any atom is 0.225 e. The van der Waals surface area contributed by atoms with E-state index in [4.69, 9.17) is 10.5 Å². The van der Waals surface area contributed by atoms with Crippen LogP contribution in [-0.4, -0.2) is 48.4 Å². The van der Waals surface area contributed by atoms with Crippen molar-refractivity contribution in [3.8, 4) is 5.75 Å². The van der Waals surface area contributed by atoms with Gasteiger partial charge in [0.2, 0.25) is 5.91 Å². The van der Waals surface area contributed by atoms with Crippen molar-refractivity contribution in [2.24, 2.45) is 5.73 Å². The number of anilines is 1. The number of nitrogens with zero attached hydrogens (tertiary/aromatic N) is 2. The van der Waals surface area contributed by atoms with Crippen molar-refractivity contribution in [3.63, 3.8) is 0 Å². The minimum absolute atomic E-state index is 0.0292. The Morgan fingerprint density at radius 1 is 0.800 bits per heavy atom. The fourth-order valence-corrected chi connectivity index (χ4v) is 4.40. The van der Waals surface area contributed by atoms with Crippen LogP contribution in [0.25, 0.3) is 0 Å². The van der Waals surface area contributed by atoms with E-state index in [-0.39, 0.29) is 5.91 Å². The molecule has 0 unspecified atom stereocenters. The number of para-hydroxylation sites is 1. The second kappa shape index (κ2) is 13.0. The third-order valence-electron chi connectivity index (χ3n) is 6.32. The first-order valence-electron chi connectivity index (χ1n) is 12.5. The Morgan fingerprint density at radius 2 is 1.49 bits per heavy atom. The van der Waals surface area contributed by atoms with Gasteiger partial charge < -0.3 is 15.8 Å². The van der Waals surface area contributed by atoms with Gasteiger partial charge in [0.15, 0.2) is 0 Å². The van der Waals surface area contributed by atoms with Gasteiger partial charge in [-0.15, -0.1) is 0 Å². The summed E-state index contributed by atoms with van der Waals surface area (Å²) in [6.07, 6.45) is 1.47. The number of carbonyl (C=O) groups is 1. The van der Waals surface area contributed by atoms with Gasteiger partial charge >= 0.3 is 0 Å². The minimum Gasteiger partial charge on any atom is -0.489 e. The van der Waals surface area contributed by atoms with Gasteiger partial charge in [-0.1, -0.05) is 60.7 Å². The van der Waals surface area contributed by atoms with Crippen molar-refractivity contribution < 1.29 is 9.53 Å². The number of amides is 1. The lowest BCUT2D eigenvalue weighted by Crippen LogP contribution is -2.30. The summed E-state index contributed by atoms with van der Waals surface area (Å²) in [4.78, 5) is 17.0. The van der Waals surface area contributed by atoms with Crippen LogP contribution >= 0.6 is 0 Å². The fraction of sp³-hybridized carbons (Fsp3) is 0.345. The predicted molar refractivity (Wildman–Crippen MR) is 141 cm³/mol. The molecule has 184 valence electrons. The van der Waals surface area contributed by atoms with E-state index in [1.807, 2.05) is 36.4 Å². The Balaban J connectivity index is 1.26. The van der Waals surface area contributed by atoms with Crippen LogP contribution in [0.15, 0.2) is 78.9 Å². The normalized spacial score (nSPS) is 14.9. The molecule has 6 heteroatoms. The summed E-state index contributed by atoms with van der Waals surface area (Å²) in [6, 6.07) is 26.8. The molecule has 1 saturated heterocycles. The third-order valence-corrected chi connectivity index (χ3v) is 6.32. The first-order valence-corrected chi connectivity index (χ1v) is 12.5. The first kappa shape index (κ1) is 24.9. The van der Waals surface area contributed by atoms with Crippen LogP contribution in [0.4, 0.5) is 5.69 Å². The van der Waals surface area contributed by atoms with E-state index in [0.29, 0.717) is 19.6 Å². The van der Waals surface area contributed by atoms with Crippen molar-refractivity contribution in [1.82, 2.24) is 9.80 Å². The number of nitrogens with two attached hydrogens (primary N) is 1. The standard InChI is InChI=1S/C29H36N4O2/c30-16-15-29(34)31-28-10-5-4-9-26(28)22-33-18-6-17-32(19-20-33)21-24-11-13-27(14-12-24)35-23-25-7-2-1-3-8-25/h1-5,7-14H,6,15-23,30H2,(H,31,34). The fourth-order valence-electron chi connectivity index (χ4n) is 4.40. The first-order chi connectivity index (χ1) is 17.2. The lowest BCUT2D eigenvalue weighted by molar-refractivity contribution is -0.116. The van der Waals surface area contributed by atoms with E-state index >= 15 is 0 Å². The van der Waals surface area contributed by atoms with Crippen LogP contribution in [0, 0.1) is 0 Å². The van der Waals surface area contributed by atoms with Crippen LogP contribution in [-0.2, 0) is 24.5 Å². The Morgan fingerprint density at radius 3 is 2.23 bits per heavy atom. The molecule has 1 fully saturated rings. The largest absolute Gasteiger partial charge is 0.489 e. The lowest BCUT2D eigenvalue weighted by atomic mass is 10.1. The summed E-state index contributed by atoms with van der Waals surface area (Å²) in [5.74, 6) is 0.871. The van der Waals surface area contributed by atoms with Gasteiger partial charge in [0.25, 0.3) is 0 Å². The molecular weight excluding hydrogens is 436 g/mol. The molecule has 0 aliphatic carbocycles. The highest BCUT2D eigenvalue weighted by atomic mass is 16.5. The number of hydrogen-bond acceptors (Lipinski definition) is 5. The molecule has 1 aliphatic rings. The van der Waals surface area contributed by atoms with Crippen LogP contribution in [0.2, 0.25) is 0 Å². The predicted octanol–water partition coefficient (Wildman–Crippen LogP) is 4.26. The maximum absolute atomic E-state index is 12.0. The highest BCUT2D eigenvalue weighted by molar-refractivity contribution is 5.91. The molecule has 35 heavy (non-hydrogen) atoms. The summed E-state index contributed by atoms with van der Waals surface area (Å²) in [6.45, 7) is 6.88. The highest BCUT2D eigenvalue weighted by Gasteiger charge is 2.17. The van der Waals surface area contributed by atoms with Gasteiger partial charge in [-0.25, -0.2) is 0 Å². The average Bonchev–Trinajstić information content (AvgIpc) is 3.10. The van der Waals surface area contributed by atoms with E-state index in [2.05, 4.69) is 57.6 Å². The smallest absolute Gasteiger partial charge is 0.225 e. The highest BCUT2D eigenvalue weighted by Crippen LogP contribution is 2.20. The van der Waals surface area contributed by atoms with E-state index in [1.54, 1.807) is 0 Å². The average molecular weight is 473 g/mol. The number of carbonyl (C=O) groups excluding carboxylic acids is 1. The van der Waals surface area contributed by atoms with Gasteiger partial charge in [-0.05, 0) is 54.4 Å². The zero-order valence-electron chi connectivity index (χ0n) is 20.4. The Hall–Kier alpha value is -3.19. The van der Waals surface area contributed by atoms with Crippen molar-refractivity contribution in [1.29, 1.82) is 0 Å². The molecule has 0 spiro atoms. The van der Waals surface area contributed by atoms with Crippen molar-refractivity contribution in [2.75, 3.05) is 38.0 Å². The molecule has 0 radical (unpaired) electrons. The zero-order valence-corrected chi connectivity index (χ0v) is 20.4. The van der Waals surface area contributed by atoms with Crippen molar-refractivity contribution in [2.45, 2.75) is 32.5 Å². The van der Waals surface area contributed by atoms with E-state index in [9.17, 15) is 4.79 Å². The molecule has 4 rings (SSSR count). The second-order valence-electron chi connectivity index (χ2n) is 9.07. The lowest BCUT2D eigenvalue weighted by Gasteiger charge is -2.23. The molecule has 0 aromatic heterocycles. The van der Waals surface area contributed by atoms with Crippen molar-refractivity contribution >= 4 is 11.6 Å². The summed E-state index contributed by atoms with van der Waals surface area (Å²) >= 11 is 0. The molecule has 1 aliphatic heterocycles. The molecule has 0 saturated carbocycles. The van der Waals surface area contributed by atoms with Crippen LogP contribution in [0.1, 0.15) is 29.5 Å². The summed E-state index contributed by atoms with van der Waals surface area (Å²) in [7, 11) is 0. The van der Waals surface area contributed by atoms with Gasteiger partial charge in [0.05, 0.1) is 0 Å². The number of hydrogen-bond donors (Lipinski definition) is 2. The molecule has 1 heterocycles. The Bertz CT molecular complexity index is 1060. The number of ether oxygens (including phenoxy) is 1. The number of rotatable bonds is 10. The minimum atomic E-state index is -0.0292. The Kier molecular flexibility index (Phi) is 9.29. The van der Waals surface area contributed by atoms with Crippen LogP contribution in [0.5, 0.6) is 5.75 Å². The van der Waals surface area contributed by atoms with Crippen molar-refractivity contribution in [3.05, 3.63) is 95.6 Å². The topological polar surface area (TPSA) is 70.8 Å². The zero-order chi connectivity index (χ0) is 24.3. The monoisotopic (exact) mass is 472 g/mol. The maximum atomic E-state index is 12.0. The molecule has 6 nitrogen and oxygen atoms in total. The number of nitrogens with one attached hydrogen (secondary N) is 1. The molecule has 3 aromatic rings. The van der Waals surface area contributed by atoms with Gasteiger partial charge in [-0.2, -0.15) is 0 Å². The van der Waals surface area contributed by atoms with E-state index in [0.717, 1.165) is 62.7 Å². The molecule has 3 N–H and O–H groups in total. The van der Waals surface area contributed by atoms with E-state index in [1.165, 1.54) is 11.1 Å². The number of benzene rings is 3. The van der Waals surface area contributed by atoms with Gasteiger partial charge in [-0.3, -0.25) is 14.6 Å². The summed E-state index contributed by atoms with van der Waals surface area (Å²) in [5, 5.41) is 3.01. The van der Waals surface area contributed by atoms with Crippen LogP contribution in [0.3, 0.4) is 0 Å². The quantitative estimate of drug-likeness (QED) is 0.461. The summed E-state index contributed by atoms with van der Waals surface area (Å²) in [5.41, 5.74) is 10.0. The molecular formula is C29H36N4O2. The molecule has 0 bridgehead atoms. The molecule has 0 atom stereocenters. The van der Waals surface area contributed by atoms with Crippen LogP contribution < -0.4 is 15.8 Å². The van der Waals surface area contributed by atoms with E-state index < -0.39 is 0 Å². The Labute approximate surface area is 208 Å². The third kappa shape index (κ3) is 7.92. The van der Waals surface area contributed by atoms with Gasteiger partial charge in [0, 0.05) is 44.8 Å². The second-order valence-corrected chi connectivity index (χ2v) is 9.07. The summed E-state index contributed by atoms with van der Waals surface area (Å²) < 4.78 is 5.92.